The number of fused-ring (bicyclic) bond motifs is 1. The van der Waals surface area contributed by atoms with E-state index < -0.39 is 11.4 Å². The highest BCUT2D eigenvalue weighted by Crippen LogP contribution is 2.59. The minimum atomic E-state index is -0.622. The molecule has 2 N–H and O–H groups in total. The van der Waals surface area contributed by atoms with Gasteiger partial charge in [0, 0.05) is 23.3 Å². The fourth-order valence-electron chi connectivity index (χ4n) is 6.23. The number of hydrogen-bond donors (Lipinski definition) is 2. The molecule has 3 aliphatic heterocycles. The molecule has 0 amide bonds. The van der Waals surface area contributed by atoms with Crippen molar-refractivity contribution in [3.05, 3.63) is 41.1 Å². The van der Waals surface area contributed by atoms with Crippen molar-refractivity contribution in [3.63, 3.8) is 0 Å². The molecule has 2 saturated heterocycles. The minimum absolute atomic E-state index is 0.0996. The Morgan fingerprint density at radius 1 is 1.31 bits per heavy atom. The Morgan fingerprint density at radius 2 is 2.10 bits per heavy atom. The Bertz CT molecular complexity index is 895. The van der Waals surface area contributed by atoms with Crippen molar-refractivity contribution in [1.29, 1.82) is 0 Å². The summed E-state index contributed by atoms with van der Waals surface area (Å²) in [6.07, 6.45) is 2.38. The molecule has 0 radical (unpaired) electrons. The third kappa shape index (κ3) is 2.49. The van der Waals surface area contributed by atoms with Crippen molar-refractivity contribution in [2.45, 2.75) is 62.9 Å². The van der Waals surface area contributed by atoms with Crippen molar-refractivity contribution in [1.82, 2.24) is 5.32 Å². The number of methoxy groups -OCH3 is 1. The largest absolute Gasteiger partial charge is 0.466 e. The zero-order valence-electron chi connectivity index (χ0n) is 17.6. The summed E-state index contributed by atoms with van der Waals surface area (Å²) < 4.78 is 17.9. The van der Waals surface area contributed by atoms with Crippen LogP contribution < -0.4 is 10.6 Å². The lowest BCUT2D eigenvalue weighted by Gasteiger charge is -2.48. The second-order valence-electron chi connectivity index (χ2n) is 9.19. The van der Waals surface area contributed by atoms with Crippen molar-refractivity contribution in [2.75, 3.05) is 25.6 Å². The van der Waals surface area contributed by atoms with Crippen LogP contribution in [-0.4, -0.2) is 43.7 Å². The molecule has 1 aliphatic carbocycles. The molecule has 1 aromatic rings. The smallest absolute Gasteiger partial charge is 0.335 e. The van der Waals surface area contributed by atoms with Crippen LogP contribution in [0.4, 0.5) is 5.69 Å². The SMILES string of the molecule is CC[C@]1([C@@H]2CC(C(=O)OC)=C3Nc4ccccc4[C@]34CCN[C@H]24)COC(C)(C)O1. The molecule has 2 fully saturated rings. The van der Waals surface area contributed by atoms with E-state index in [4.69, 9.17) is 14.2 Å². The van der Waals surface area contributed by atoms with Gasteiger partial charge in [0.2, 0.25) is 0 Å². The Balaban J connectivity index is 1.70. The topological polar surface area (TPSA) is 68.8 Å². The molecule has 4 atom stereocenters. The molecule has 0 unspecified atom stereocenters. The molecule has 1 spiro atoms. The highest BCUT2D eigenvalue weighted by atomic mass is 16.8. The summed E-state index contributed by atoms with van der Waals surface area (Å²) in [6.45, 7) is 7.54. The van der Waals surface area contributed by atoms with Crippen LogP contribution in [0.1, 0.15) is 45.6 Å². The predicted molar refractivity (Wildman–Crippen MR) is 109 cm³/mol. The van der Waals surface area contributed by atoms with Gasteiger partial charge in [-0.1, -0.05) is 25.1 Å². The van der Waals surface area contributed by atoms with Crippen LogP contribution in [0, 0.1) is 5.92 Å². The number of hydrogen-bond acceptors (Lipinski definition) is 6. The third-order valence-corrected chi connectivity index (χ3v) is 7.48. The lowest BCUT2D eigenvalue weighted by molar-refractivity contribution is -0.178. The summed E-state index contributed by atoms with van der Waals surface area (Å²) in [7, 11) is 1.46. The van der Waals surface area contributed by atoms with E-state index in [1.807, 2.05) is 19.9 Å². The van der Waals surface area contributed by atoms with E-state index >= 15 is 0 Å². The van der Waals surface area contributed by atoms with Crippen LogP contribution in [0.5, 0.6) is 0 Å². The van der Waals surface area contributed by atoms with E-state index in [1.165, 1.54) is 12.7 Å². The maximum absolute atomic E-state index is 12.9. The molecule has 4 aliphatic rings. The summed E-state index contributed by atoms with van der Waals surface area (Å²) in [4.78, 5) is 12.9. The molecular weight excluding hydrogens is 368 g/mol. The Hall–Kier alpha value is -1.89. The van der Waals surface area contributed by atoms with Crippen LogP contribution in [0.15, 0.2) is 35.5 Å². The molecule has 6 nitrogen and oxygen atoms in total. The van der Waals surface area contributed by atoms with Crippen LogP contribution in [0.2, 0.25) is 0 Å². The lowest BCUT2D eigenvalue weighted by atomic mass is 9.59. The highest BCUT2D eigenvalue weighted by Gasteiger charge is 2.64. The number of para-hydroxylation sites is 1. The summed E-state index contributed by atoms with van der Waals surface area (Å²) >= 11 is 0. The van der Waals surface area contributed by atoms with E-state index in [0.29, 0.717) is 13.0 Å². The van der Waals surface area contributed by atoms with Gasteiger partial charge in [0.1, 0.15) is 0 Å². The number of ether oxygens (including phenoxy) is 3. The van der Waals surface area contributed by atoms with E-state index in [-0.39, 0.29) is 23.3 Å². The normalized spacial score (nSPS) is 37.0. The number of nitrogens with one attached hydrogen (secondary N) is 2. The maximum Gasteiger partial charge on any atom is 0.335 e. The first-order valence-electron chi connectivity index (χ1n) is 10.6. The molecule has 5 rings (SSSR count). The van der Waals surface area contributed by atoms with E-state index in [9.17, 15) is 4.79 Å². The molecule has 6 heteroatoms. The summed E-state index contributed by atoms with van der Waals surface area (Å²) in [6, 6.07) is 8.59. The number of anilines is 1. The molecule has 0 bridgehead atoms. The van der Waals surface area contributed by atoms with Crippen LogP contribution in [0.3, 0.4) is 0 Å². The van der Waals surface area contributed by atoms with Gasteiger partial charge in [-0.05, 0) is 51.3 Å². The van der Waals surface area contributed by atoms with Crippen molar-refractivity contribution in [2.24, 2.45) is 5.92 Å². The fraction of sp³-hybridized carbons (Fsp3) is 0.609. The van der Waals surface area contributed by atoms with Crippen LogP contribution in [0.25, 0.3) is 0 Å². The number of benzene rings is 1. The number of carbonyl (C=O) groups excluding carboxylic acids is 1. The van der Waals surface area contributed by atoms with Gasteiger partial charge >= 0.3 is 5.97 Å². The first kappa shape index (κ1) is 19.1. The quantitative estimate of drug-likeness (QED) is 0.763. The summed E-state index contributed by atoms with van der Waals surface area (Å²) in [5.74, 6) is -0.773. The molecule has 156 valence electrons. The van der Waals surface area contributed by atoms with Gasteiger partial charge < -0.3 is 24.8 Å². The average Bonchev–Trinajstić information content (AvgIpc) is 3.39. The molecule has 0 saturated carbocycles. The standard InChI is InChI=1S/C23H30N2O4/c1-5-22(13-28-21(2,3)29-22)16-12-14(20(26)27-4)18-23(10-11-24-19(16)23)15-8-6-7-9-17(15)25-18/h6-9,16,19,24-25H,5,10-13H2,1-4H3/t16-,19-,22-,23-/m1/s1. The van der Waals surface area contributed by atoms with Gasteiger partial charge in [0.15, 0.2) is 5.79 Å². The monoisotopic (exact) mass is 398 g/mol. The minimum Gasteiger partial charge on any atom is -0.466 e. The van der Waals surface area contributed by atoms with Crippen molar-refractivity contribution >= 4 is 11.7 Å². The van der Waals surface area contributed by atoms with Crippen molar-refractivity contribution < 1.29 is 19.0 Å². The maximum atomic E-state index is 12.9. The van der Waals surface area contributed by atoms with Gasteiger partial charge in [-0.2, -0.15) is 0 Å². The zero-order valence-corrected chi connectivity index (χ0v) is 17.6. The zero-order chi connectivity index (χ0) is 20.4. The second kappa shape index (κ2) is 6.30. The Kier molecular flexibility index (Phi) is 4.15. The lowest BCUT2D eigenvalue weighted by Crippen LogP contribution is -2.59. The molecule has 0 aromatic heterocycles. The first-order chi connectivity index (χ1) is 13.9. The fourth-order valence-corrected chi connectivity index (χ4v) is 6.23. The number of esters is 1. The second-order valence-corrected chi connectivity index (χ2v) is 9.19. The number of rotatable bonds is 3. The summed E-state index contributed by atoms with van der Waals surface area (Å²) in [5, 5.41) is 7.38. The molecular formula is C23H30N2O4. The molecule has 1 aromatic carbocycles. The highest BCUT2D eigenvalue weighted by molar-refractivity contribution is 5.93. The summed E-state index contributed by atoms with van der Waals surface area (Å²) in [5.41, 5.74) is 3.41. The van der Waals surface area contributed by atoms with Gasteiger partial charge in [-0.15, -0.1) is 0 Å². The van der Waals surface area contributed by atoms with E-state index in [1.54, 1.807) is 0 Å². The van der Waals surface area contributed by atoms with Crippen LogP contribution in [-0.2, 0) is 24.4 Å². The van der Waals surface area contributed by atoms with Gasteiger partial charge in [0.05, 0.1) is 30.3 Å². The predicted octanol–water partition coefficient (Wildman–Crippen LogP) is 3.09. The third-order valence-electron chi connectivity index (χ3n) is 7.48. The van der Waals surface area contributed by atoms with Gasteiger partial charge in [-0.3, -0.25) is 0 Å². The molecule has 29 heavy (non-hydrogen) atoms. The van der Waals surface area contributed by atoms with E-state index in [2.05, 4.69) is 35.8 Å². The van der Waals surface area contributed by atoms with E-state index in [0.717, 1.165) is 36.3 Å². The molecule has 3 heterocycles. The average molecular weight is 399 g/mol. The first-order valence-corrected chi connectivity index (χ1v) is 10.6. The Labute approximate surface area is 172 Å². The van der Waals surface area contributed by atoms with Crippen molar-refractivity contribution in [3.8, 4) is 0 Å². The van der Waals surface area contributed by atoms with Gasteiger partial charge in [0.25, 0.3) is 0 Å². The van der Waals surface area contributed by atoms with Crippen LogP contribution >= 0.6 is 0 Å². The Morgan fingerprint density at radius 3 is 2.79 bits per heavy atom. The number of carbonyl (C=O) groups is 1. The van der Waals surface area contributed by atoms with Gasteiger partial charge in [-0.25, -0.2) is 4.79 Å².